The molecule has 0 amide bonds. The van der Waals surface area contributed by atoms with Crippen LogP contribution in [0.3, 0.4) is 0 Å². The summed E-state index contributed by atoms with van der Waals surface area (Å²) in [6, 6.07) is 19.9. The maximum atomic E-state index is 13.7. The lowest BCUT2D eigenvalue weighted by Crippen LogP contribution is -2.27. The third-order valence-corrected chi connectivity index (χ3v) is 6.61. The zero-order chi connectivity index (χ0) is 23.2. The SMILES string of the molecule is O=C1C[C@@H](c2ccccc2)CC2=C1[C@@H](c1cc3c(cc1[N+](=O)[O-])OCO3)Nc1ccccc1N2. The molecule has 0 radical (unpaired) electrons. The van der Waals surface area contributed by atoms with Crippen LogP contribution in [0.4, 0.5) is 17.1 Å². The van der Waals surface area contributed by atoms with Crippen molar-refractivity contribution in [1.82, 2.24) is 0 Å². The summed E-state index contributed by atoms with van der Waals surface area (Å²) in [5.41, 5.74) is 4.23. The number of para-hydroxylation sites is 2. The van der Waals surface area contributed by atoms with Crippen LogP contribution in [-0.4, -0.2) is 17.5 Å². The van der Waals surface area contributed by atoms with Gasteiger partial charge in [-0.3, -0.25) is 14.9 Å². The van der Waals surface area contributed by atoms with Crippen molar-refractivity contribution in [1.29, 1.82) is 0 Å². The molecule has 0 spiro atoms. The number of nitrogens with zero attached hydrogens (tertiary/aromatic N) is 1. The van der Waals surface area contributed by atoms with Crippen molar-refractivity contribution in [3.05, 3.63) is 99.2 Å². The number of fused-ring (bicyclic) bond motifs is 2. The number of ether oxygens (including phenoxy) is 2. The number of carbonyl (C=O) groups is 1. The van der Waals surface area contributed by atoms with Crippen molar-refractivity contribution in [3.63, 3.8) is 0 Å². The predicted molar refractivity (Wildman–Crippen MR) is 126 cm³/mol. The predicted octanol–water partition coefficient (Wildman–Crippen LogP) is 5.30. The molecule has 34 heavy (non-hydrogen) atoms. The number of carbonyl (C=O) groups excluding carboxylic acids is 1. The Kier molecular flexibility index (Phi) is 4.72. The first-order valence-corrected chi connectivity index (χ1v) is 11.1. The van der Waals surface area contributed by atoms with E-state index in [2.05, 4.69) is 10.6 Å². The van der Waals surface area contributed by atoms with E-state index in [0.717, 1.165) is 22.6 Å². The molecule has 8 nitrogen and oxygen atoms in total. The molecule has 2 N–H and O–H groups in total. The Balaban J connectivity index is 1.52. The second-order valence-electron chi connectivity index (χ2n) is 8.60. The zero-order valence-corrected chi connectivity index (χ0v) is 18.1. The first-order valence-electron chi connectivity index (χ1n) is 11.1. The number of ketones is 1. The molecular formula is C26H21N3O5. The molecule has 3 aromatic rings. The van der Waals surface area contributed by atoms with Gasteiger partial charge in [0.1, 0.15) is 0 Å². The molecule has 0 aromatic heterocycles. The van der Waals surface area contributed by atoms with Crippen molar-refractivity contribution >= 4 is 22.8 Å². The van der Waals surface area contributed by atoms with Crippen molar-refractivity contribution in [2.45, 2.75) is 24.8 Å². The van der Waals surface area contributed by atoms with Crippen LogP contribution in [-0.2, 0) is 4.79 Å². The number of rotatable bonds is 3. The molecular weight excluding hydrogens is 434 g/mol. The maximum absolute atomic E-state index is 13.7. The van der Waals surface area contributed by atoms with E-state index in [1.54, 1.807) is 6.07 Å². The highest BCUT2D eigenvalue weighted by Gasteiger charge is 2.39. The molecule has 6 rings (SSSR count). The van der Waals surface area contributed by atoms with E-state index in [4.69, 9.17) is 9.47 Å². The van der Waals surface area contributed by atoms with E-state index in [-0.39, 0.29) is 24.2 Å². The molecule has 0 fully saturated rings. The average molecular weight is 455 g/mol. The number of nitro groups is 1. The van der Waals surface area contributed by atoms with Gasteiger partial charge in [0.15, 0.2) is 17.3 Å². The maximum Gasteiger partial charge on any atom is 0.279 e. The van der Waals surface area contributed by atoms with E-state index in [1.807, 2.05) is 54.6 Å². The molecule has 0 bridgehead atoms. The Morgan fingerprint density at radius 3 is 2.38 bits per heavy atom. The van der Waals surface area contributed by atoms with Crippen molar-refractivity contribution in [3.8, 4) is 11.5 Å². The molecule has 170 valence electrons. The lowest BCUT2D eigenvalue weighted by Gasteiger charge is -2.29. The van der Waals surface area contributed by atoms with E-state index >= 15 is 0 Å². The number of hydrogen-bond acceptors (Lipinski definition) is 7. The van der Waals surface area contributed by atoms with Crippen LogP contribution in [0.1, 0.15) is 35.9 Å². The zero-order valence-electron chi connectivity index (χ0n) is 18.1. The minimum Gasteiger partial charge on any atom is -0.454 e. The monoisotopic (exact) mass is 455 g/mol. The molecule has 2 heterocycles. The first-order chi connectivity index (χ1) is 16.6. The molecule has 0 saturated heterocycles. The second kappa shape index (κ2) is 7.91. The minimum absolute atomic E-state index is 0.00403. The van der Waals surface area contributed by atoms with Gasteiger partial charge in [0, 0.05) is 17.7 Å². The van der Waals surface area contributed by atoms with Gasteiger partial charge in [0.2, 0.25) is 6.79 Å². The summed E-state index contributed by atoms with van der Waals surface area (Å²) in [7, 11) is 0. The smallest absolute Gasteiger partial charge is 0.279 e. The minimum atomic E-state index is -0.717. The number of hydrogen-bond donors (Lipinski definition) is 2. The van der Waals surface area contributed by atoms with Crippen LogP contribution < -0.4 is 20.1 Å². The van der Waals surface area contributed by atoms with Gasteiger partial charge >= 0.3 is 0 Å². The van der Waals surface area contributed by atoms with Gasteiger partial charge in [-0.25, -0.2) is 0 Å². The number of nitro benzene ring substituents is 1. The Labute approximate surface area is 195 Å². The summed E-state index contributed by atoms with van der Waals surface area (Å²) in [5.74, 6) is 0.744. The first kappa shape index (κ1) is 20.3. The lowest BCUT2D eigenvalue weighted by molar-refractivity contribution is -0.385. The van der Waals surface area contributed by atoms with Gasteiger partial charge in [-0.15, -0.1) is 0 Å². The molecule has 1 aliphatic carbocycles. The molecule has 8 heteroatoms. The van der Waals surface area contributed by atoms with Crippen molar-refractivity contribution in [2.75, 3.05) is 17.4 Å². The van der Waals surface area contributed by atoms with Crippen LogP contribution in [0.5, 0.6) is 11.5 Å². The van der Waals surface area contributed by atoms with Crippen molar-refractivity contribution in [2.24, 2.45) is 0 Å². The fourth-order valence-electron chi connectivity index (χ4n) is 5.02. The van der Waals surface area contributed by atoms with Crippen LogP contribution in [0.15, 0.2) is 78.0 Å². The Bertz CT molecular complexity index is 1350. The number of Topliss-reactive ketones (excluding diaryl/α,β-unsaturated/α-hetero) is 1. The fraction of sp³-hybridized carbons (Fsp3) is 0.192. The number of allylic oxidation sites excluding steroid dienone is 1. The number of benzene rings is 3. The molecule has 3 aliphatic rings. The molecule has 0 unspecified atom stereocenters. The summed E-state index contributed by atoms with van der Waals surface area (Å²) >= 11 is 0. The van der Waals surface area contributed by atoms with Gasteiger partial charge < -0.3 is 20.1 Å². The summed E-state index contributed by atoms with van der Waals surface area (Å²) < 4.78 is 10.9. The average Bonchev–Trinajstić information content (AvgIpc) is 3.24. The van der Waals surface area contributed by atoms with E-state index in [0.29, 0.717) is 35.5 Å². The largest absolute Gasteiger partial charge is 0.454 e. The van der Waals surface area contributed by atoms with Crippen LogP contribution >= 0.6 is 0 Å². The van der Waals surface area contributed by atoms with Crippen LogP contribution in [0, 0.1) is 10.1 Å². The van der Waals surface area contributed by atoms with Gasteiger partial charge in [-0.1, -0.05) is 42.5 Å². The summed E-state index contributed by atoms with van der Waals surface area (Å²) in [4.78, 5) is 25.2. The molecule has 0 saturated carbocycles. The topological polar surface area (TPSA) is 103 Å². The summed E-state index contributed by atoms with van der Waals surface area (Å²) in [5, 5.41) is 18.9. The summed E-state index contributed by atoms with van der Waals surface area (Å²) in [6.07, 6.45) is 0.952. The molecule has 3 aromatic carbocycles. The third-order valence-electron chi connectivity index (χ3n) is 6.61. The third kappa shape index (κ3) is 3.35. The van der Waals surface area contributed by atoms with Gasteiger partial charge in [-0.2, -0.15) is 0 Å². The van der Waals surface area contributed by atoms with E-state index in [1.165, 1.54) is 6.07 Å². The van der Waals surface area contributed by atoms with Crippen LogP contribution in [0.25, 0.3) is 0 Å². The van der Waals surface area contributed by atoms with E-state index < -0.39 is 11.0 Å². The Morgan fingerprint density at radius 2 is 1.62 bits per heavy atom. The Hall–Kier alpha value is -4.33. The highest BCUT2D eigenvalue weighted by Crippen LogP contribution is 2.48. The second-order valence-corrected chi connectivity index (χ2v) is 8.60. The van der Waals surface area contributed by atoms with Gasteiger partial charge in [-0.05, 0) is 36.1 Å². The highest BCUT2D eigenvalue weighted by molar-refractivity contribution is 6.01. The molecule has 2 atom stereocenters. The van der Waals surface area contributed by atoms with Crippen molar-refractivity contribution < 1.29 is 19.2 Å². The van der Waals surface area contributed by atoms with Gasteiger partial charge in [0.25, 0.3) is 5.69 Å². The quantitative estimate of drug-likeness (QED) is 0.408. The van der Waals surface area contributed by atoms with Crippen LogP contribution in [0.2, 0.25) is 0 Å². The van der Waals surface area contributed by atoms with Gasteiger partial charge in [0.05, 0.1) is 34.0 Å². The fourth-order valence-corrected chi connectivity index (χ4v) is 5.02. The molecule has 2 aliphatic heterocycles. The normalized spacial score (nSPS) is 20.5. The highest BCUT2D eigenvalue weighted by atomic mass is 16.7. The number of nitrogens with one attached hydrogen (secondary N) is 2. The summed E-state index contributed by atoms with van der Waals surface area (Å²) in [6.45, 7) is 0.00403. The lowest BCUT2D eigenvalue weighted by atomic mass is 9.78. The standard InChI is InChI=1S/C26H21N3O5/c30-22-11-16(15-6-2-1-3-7-15)10-20-25(22)26(28-19-9-5-4-8-18(19)27-20)17-12-23-24(34-14-33-23)13-21(17)29(31)32/h1-9,12-13,16,26-28H,10-11,14H2/t16-,26+/m0/s1. The Morgan fingerprint density at radius 1 is 0.912 bits per heavy atom. The number of anilines is 2. The van der Waals surface area contributed by atoms with E-state index in [9.17, 15) is 14.9 Å².